The Morgan fingerprint density at radius 2 is 2.00 bits per heavy atom. The lowest BCUT2D eigenvalue weighted by Gasteiger charge is -2.07. The van der Waals surface area contributed by atoms with Crippen LogP contribution in [0.5, 0.6) is 0 Å². The molecule has 1 aromatic rings. The number of hydrogen-bond donors (Lipinski definition) is 1. The maximum absolute atomic E-state index is 12.9. The van der Waals surface area contributed by atoms with Crippen LogP contribution in [0.2, 0.25) is 10.0 Å². The molecule has 0 unspecified atom stereocenters. The van der Waals surface area contributed by atoms with Crippen LogP contribution in [0.1, 0.15) is 18.5 Å². The fraction of sp³-hybridized carbons (Fsp3) is 0.250. The van der Waals surface area contributed by atoms with Crippen LogP contribution >= 0.6 is 23.2 Å². The highest BCUT2D eigenvalue weighted by Gasteiger charge is 2.08. The van der Waals surface area contributed by atoms with E-state index in [9.17, 15) is 4.39 Å². The van der Waals surface area contributed by atoms with Crippen LogP contribution in [0.25, 0.3) is 0 Å². The van der Waals surface area contributed by atoms with Gasteiger partial charge in [-0.3, -0.25) is 0 Å². The summed E-state index contributed by atoms with van der Waals surface area (Å²) in [4.78, 5) is 0. The summed E-state index contributed by atoms with van der Waals surface area (Å²) in [5, 5.41) is 0.144. The zero-order valence-electron chi connectivity index (χ0n) is 6.44. The minimum Gasteiger partial charge on any atom is -0.324 e. The van der Waals surface area contributed by atoms with Gasteiger partial charge in [0.25, 0.3) is 0 Å². The van der Waals surface area contributed by atoms with Crippen molar-refractivity contribution in [2.24, 2.45) is 5.73 Å². The van der Waals surface area contributed by atoms with Crippen molar-refractivity contribution >= 4 is 23.2 Å². The second kappa shape index (κ2) is 3.60. The van der Waals surface area contributed by atoms with Gasteiger partial charge in [0.2, 0.25) is 0 Å². The van der Waals surface area contributed by atoms with Crippen molar-refractivity contribution < 1.29 is 4.39 Å². The van der Waals surface area contributed by atoms with Crippen LogP contribution in [0.4, 0.5) is 4.39 Å². The SMILES string of the molecule is C[C@H](N)c1cc(F)c(Cl)c(Cl)c1. The molecule has 4 heteroatoms. The first kappa shape index (κ1) is 9.78. The van der Waals surface area contributed by atoms with Crippen molar-refractivity contribution in [1.29, 1.82) is 0 Å². The van der Waals surface area contributed by atoms with Gasteiger partial charge in [-0.15, -0.1) is 0 Å². The predicted octanol–water partition coefficient (Wildman–Crippen LogP) is 3.15. The number of hydrogen-bond acceptors (Lipinski definition) is 1. The average Bonchev–Trinajstić information content (AvgIpc) is 1.99. The number of halogens is 3. The molecular formula is C8H8Cl2FN. The van der Waals surface area contributed by atoms with E-state index in [2.05, 4.69) is 0 Å². The molecule has 0 aliphatic rings. The maximum Gasteiger partial charge on any atom is 0.143 e. The van der Waals surface area contributed by atoms with E-state index in [1.807, 2.05) is 0 Å². The summed E-state index contributed by atoms with van der Waals surface area (Å²) in [6, 6.07) is 2.62. The summed E-state index contributed by atoms with van der Waals surface area (Å²) in [7, 11) is 0. The highest BCUT2D eigenvalue weighted by Crippen LogP contribution is 2.27. The van der Waals surface area contributed by atoms with Crippen molar-refractivity contribution in [2.75, 3.05) is 0 Å². The van der Waals surface area contributed by atoms with E-state index >= 15 is 0 Å². The molecule has 1 nitrogen and oxygen atoms in total. The lowest BCUT2D eigenvalue weighted by Crippen LogP contribution is -2.05. The zero-order valence-corrected chi connectivity index (χ0v) is 7.96. The Balaban J connectivity index is 3.21. The van der Waals surface area contributed by atoms with E-state index in [0.717, 1.165) is 0 Å². The molecule has 0 saturated heterocycles. The fourth-order valence-electron chi connectivity index (χ4n) is 0.838. The Bertz CT molecular complexity index is 276. The smallest absolute Gasteiger partial charge is 0.143 e. The molecule has 0 heterocycles. The first-order chi connectivity index (χ1) is 5.52. The predicted molar refractivity (Wildman–Crippen MR) is 49.0 cm³/mol. The molecule has 0 aliphatic heterocycles. The van der Waals surface area contributed by atoms with Crippen molar-refractivity contribution in [3.05, 3.63) is 33.6 Å². The minimum absolute atomic E-state index is 0.0546. The second-order valence-electron chi connectivity index (χ2n) is 2.59. The summed E-state index contributed by atoms with van der Waals surface area (Å²) in [5.41, 5.74) is 6.17. The number of benzene rings is 1. The first-order valence-corrected chi connectivity index (χ1v) is 4.18. The van der Waals surface area contributed by atoms with Crippen molar-refractivity contribution in [1.82, 2.24) is 0 Å². The summed E-state index contributed by atoms with van der Waals surface area (Å²) in [5.74, 6) is -0.531. The zero-order chi connectivity index (χ0) is 9.30. The van der Waals surface area contributed by atoms with E-state index in [0.29, 0.717) is 5.56 Å². The Morgan fingerprint density at radius 3 is 2.42 bits per heavy atom. The monoisotopic (exact) mass is 207 g/mol. The van der Waals surface area contributed by atoms with Gasteiger partial charge in [-0.25, -0.2) is 4.39 Å². The Morgan fingerprint density at radius 1 is 1.42 bits per heavy atom. The standard InChI is InChI=1S/C8H8Cl2FN/c1-4(12)5-2-6(9)8(10)7(11)3-5/h2-4H,12H2,1H3/t4-/m0/s1. The maximum atomic E-state index is 12.9. The van der Waals surface area contributed by atoms with Crippen LogP contribution in [0, 0.1) is 5.82 Å². The van der Waals surface area contributed by atoms with E-state index in [1.165, 1.54) is 6.07 Å². The molecule has 12 heavy (non-hydrogen) atoms. The summed E-state index contributed by atoms with van der Waals surface area (Å²) in [6.07, 6.45) is 0. The van der Waals surface area contributed by atoms with Gasteiger partial charge in [0.1, 0.15) is 5.82 Å². The van der Waals surface area contributed by atoms with E-state index in [4.69, 9.17) is 28.9 Å². The molecule has 2 N–H and O–H groups in total. The highest BCUT2D eigenvalue weighted by molar-refractivity contribution is 6.42. The van der Waals surface area contributed by atoms with Gasteiger partial charge in [0.05, 0.1) is 10.0 Å². The normalized spacial score (nSPS) is 13.1. The van der Waals surface area contributed by atoms with Crippen LogP contribution in [0.15, 0.2) is 12.1 Å². The van der Waals surface area contributed by atoms with Crippen LogP contribution < -0.4 is 5.73 Å². The average molecular weight is 208 g/mol. The van der Waals surface area contributed by atoms with Crippen LogP contribution in [-0.2, 0) is 0 Å². The third-order valence-corrected chi connectivity index (χ3v) is 2.31. The minimum atomic E-state index is -0.531. The van der Waals surface area contributed by atoms with Crippen molar-refractivity contribution in [3.63, 3.8) is 0 Å². The van der Waals surface area contributed by atoms with Gasteiger partial charge in [0.15, 0.2) is 0 Å². The molecular weight excluding hydrogens is 200 g/mol. The molecule has 0 radical (unpaired) electrons. The highest BCUT2D eigenvalue weighted by atomic mass is 35.5. The third-order valence-electron chi connectivity index (χ3n) is 1.53. The quantitative estimate of drug-likeness (QED) is 0.704. The van der Waals surface area contributed by atoms with Gasteiger partial charge >= 0.3 is 0 Å². The molecule has 1 atom stereocenters. The summed E-state index contributed by atoms with van der Waals surface area (Å²) in [6.45, 7) is 1.75. The summed E-state index contributed by atoms with van der Waals surface area (Å²) >= 11 is 11.1. The molecule has 0 amide bonds. The third kappa shape index (κ3) is 1.89. The molecule has 0 aliphatic carbocycles. The Kier molecular flexibility index (Phi) is 2.94. The van der Waals surface area contributed by atoms with Crippen molar-refractivity contribution in [3.8, 4) is 0 Å². The molecule has 0 spiro atoms. The molecule has 0 saturated carbocycles. The molecule has 0 fully saturated rings. The second-order valence-corrected chi connectivity index (χ2v) is 3.37. The lowest BCUT2D eigenvalue weighted by molar-refractivity contribution is 0.623. The van der Waals surface area contributed by atoms with Crippen molar-refractivity contribution in [2.45, 2.75) is 13.0 Å². The Hall–Kier alpha value is -0.310. The molecule has 0 bridgehead atoms. The lowest BCUT2D eigenvalue weighted by atomic mass is 10.1. The molecule has 1 aromatic carbocycles. The van der Waals surface area contributed by atoms with E-state index < -0.39 is 5.82 Å². The van der Waals surface area contributed by atoms with Gasteiger partial charge in [-0.1, -0.05) is 23.2 Å². The van der Waals surface area contributed by atoms with Crippen LogP contribution in [-0.4, -0.2) is 0 Å². The van der Waals surface area contributed by atoms with Gasteiger partial charge in [-0.2, -0.15) is 0 Å². The molecule has 1 rings (SSSR count). The van der Waals surface area contributed by atoms with E-state index in [1.54, 1.807) is 13.0 Å². The largest absolute Gasteiger partial charge is 0.324 e. The fourth-order valence-corrected chi connectivity index (χ4v) is 1.16. The topological polar surface area (TPSA) is 26.0 Å². The van der Waals surface area contributed by atoms with Gasteiger partial charge < -0.3 is 5.73 Å². The van der Waals surface area contributed by atoms with Crippen LogP contribution in [0.3, 0.4) is 0 Å². The molecule has 66 valence electrons. The summed E-state index contributed by atoms with van der Waals surface area (Å²) < 4.78 is 12.9. The van der Waals surface area contributed by atoms with Gasteiger partial charge in [-0.05, 0) is 24.6 Å². The molecule has 0 aromatic heterocycles. The number of nitrogens with two attached hydrogens (primary N) is 1. The van der Waals surface area contributed by atoms with E-state index in [-0.39, 0.29) is 16.1 Å². The Labute approximate surface area is 80.3 Å². The first-order valence-electron chi connectivity index (χ1n) is 3.42. The van der Waals surface area contributed by atoms with Gasteiger partial charge in [0, 0.05) is 6.04 Å². The number of rotatable bonds is 1.